The number of aryl methyl sites for hydroxylation is 1. The Hall–Kier alpha value is -0.210. The van der Waals surface area contributed by atoms with Gasteiger partial charge in [0.2, 0.25) is 0 Å². The van der Waals surface area contributed by atoms with Crippen molar-refractivity contribution >= 4 is 33.0 Å². The van der Waals surface area contributed by atoms with Crippen molar-refractivity contribution in [2.45, 2.75) is 30.1 Å². The van der Waals surface area contributed by atoms with Crippen LogP contribution in [0.15, 0.2) is 4.21 Å². The molecule has 1 aromatic rings. The van der Waals surface area contributed by atoms with Gasteiger partial charge in [0.25, 0.3) is 10.0 Å². The summed E-state index contributed by atoms with van der Waals surface area (Å²) in [4.78, 5) is 3.88. The summed E-state index contributed by atoms with van der Waals surface area (Å²) in [7, 11) is -3.52. The second-order valence-corrected chi connectivity index (χ2v) is 7.73. The predicted molar refractivity (Wildman–Crippen MR) is 65.8 cm³/mol. The Morgan fingerprint density at radius 3 is 2.71 bits per heavy atom. The highest BCUT2D eigenvalue weighted by molar-refractivity contribution is 7.91. The molecule has 8 heteroatoms. The minimum absolute atomic E-state index is 0.169. The first-order valence-corrected chi connectivity index (χ1v) is 7.87. The number of hydrogen-bond donors (Lipinski definition) is 2. The summed E-state index contributed by atoms with van der Waals surface area (Å²) in [5.74, 6) is 0.225. The maximum absolute atomic E-state index is 11.9. The van der Waals surface area contributed by atoms with Gasteiger partial charge in [0.05, 0.1) is 11.8 Å². The summed E-state index contributed by atoms with van der Waals surface area (Å²) in [6, 6.07) is 0. The summed E-state index contributed by atoms with van der Waals surface area (Å²) in [6.07, 6.45) is 1.04. The van der Waals surface area contributed by atoms with Gasteiger partial charge >= 0.3 is 0 Å². The standard InChI is InChI=1S/C9H13ClN2O3S2/c1-5-8(16-9(10)12-5)17(14,15)11-4-6-2-7(13)3-6/h6-7,11,13H,2-4H2,1H3. The molecule has 1 aliphatic rings. The van der Waals surface area contributed by atoms with E-state index in [1.165, 1.54) is 0 Å². The number of hydrogen-bond acceptors (Lipinski definition) is 5. The van der Waals surface area contributed by atoms with Crippen LogP contribution in [-0.2, 0) is 10.0 Å². The van der Waals surface area contributed by atoms with Gasteiger partial charge in [-0.3, -0.25) is 0 Å². The molecule has 0 atom stereocenters. The van der Waals surface area contributed by atoms with Crippen molar-refractivity contribution in [3.8, 4) is 0 Å². The van der Waals surface area contributed by atoms with Crippen LogP contribution in [0.25, 0.3) is 0 Å². The van der Waals surface area contributed by atoms with Gasteiger partial charge in [-0.1, -0.05) is 22.9 Å². The SMILES string of the molecule is Cc1nc(Cl)sc1S(=O)(=O)NCC1CC(O)C1. The van der Waals surface area contributed by atoms with Crippen molar-refractivity contribution in [2.24, 2.45) is 5.92 Å². The summed E-state index contributed by atoms with van der Waals surface area (Å²) < 4.78 is 26.8. The quantitative estimate of drug-likeness (QED) is 0.874. The molecule has 0 spiro atoms. The van der Waals surface area contributed by atoms with E-state index < -0.39 is 10.0 Å². The molecule has 0 radical (unpaired) electrons. The van der Waals surface area contributed by atoms with E-state index in [2.05, 4.69) is 9.71 Å². The van der Waals surface area contributed by atoms with Gasteiger partial charge in [-0.05, 0) is 25.7 Å². The highest BCUT2D eigenvalue weighted by Gasteiger charge is 2.29. The molecule has 1 aromatic heterocycles. The third-order valence-electron chi connectivity index (χ3n) is 2.74. The van der Waals surface area contributed by atoms with Gasteiger partial charge < -0.3 is 5.11 Å². The first-order valence-electron chi connectivity index (χ1n) is 5.19. The number of aliphatic hydroxyl groups excluding tert-OH is 1. The van der Waals surface area contributed by atoms with Crippen LogP contribution in [0.4, 0.5) is 0 Å². The van der Waals surface area contributed by atoms with Gasteiger partial charge in [-0.2, -0.15) is 0 Å². The Bertz CT molecular complexity index is 508. The molecular formula is C9H13ClN2O3S2. The normalized spacial score (nSPS) is 24.6. The molecule has 1 aliphatic carbocycles. The summed E-state index contributed by atoms with van der Waals surface area (Å²) in [6.45, 7) is 1.97. The van der Waals surface area contributed by atoms with E-state index in [1.807, 2.05) is 0 Å². The van der Waals surface area contributed by atoms with E-state index in [4.69, 9.17) is 16.7 Å². The second-order valence-electron chi connectivity index (χ2n) is 4.18. The zero-order valence-electron chi connectivity index (χ0n) is 9.18. The lowest BCUT2D eigenvalue weighted by atomic mass is 9.83. The largest absolute Gasteiger partial charge is 0.393 e. The number of aliphatic hydroxyl groups is 1. The predicted octanol–water partition coefficient (Wildman–Crippen LogP) is 1.15. The third kappa shape index (κ3) is 2.97. The molecule has 0 aromatic carbocycles. The molecule has 0 saturated heterocycles. The molecule has 0 unspecified atom stereocenters. The molecule has 96 valence electrons. The average Bonchev–Trinajstić information content (AvgIpc) is 2.51. The first kappa shape index (κ1) is 13.2. The van der Waals surface area contributed by atoms with Crippen LogP contribution in [0.1, 0.15) is 18.5 Å². The lowest BCUT2D eigenvalue weighted by molar-refractivity contribution is 0.0453. The van der Waals surface area contributed by atoms with Crippen LogP contribution in [0.5, 0.6) is 0 Å². The number of nitrogens with one attached hydrogen (secondary N) is 1. The van der Waals surface area contributed by atoms with E-state index in [1.54, 1.807) is 6.92 Å². The smallest absolute Gasteiger partial charge is 0.251 e. The number of thiazole rings is 1. The molecule has 0 aliphatic heterocycles. The Morgan fingerprint density at radius 2 is 2.24 bits per heavy atom. The zero-order valence-corrected chi connectivity index (χ0v) is 11.6. The lowest BCUT2D eigenvalue weighted by Crippen LogP contribution is -2.38. The first-order chi connectivity index (χ1) is 7.88. The summed E-state index contributed by atoms with van der Waals surface area (Å²) in [5.41, 5.74) is 0.418. The Labute approximate surface area is 109 Å². The van der Waals surface area contributed by atoms with Crippen molar-refractivity contribution < 1.29 is 13.5 Å². The highest BCUT2D eigenvalue weighted by atomic mass is 35.5. The van der Waals surface area contributed by atoms with Crippen LogP contribution < -0.4 is 4.72 Å². The Kier molecular flexibility index (Phi) is 3.74. The Balaban J connectivity index is 2.01. The highest BCUT2D eigenvalue weighted by Crippen LogP contribution is 2.29. The minimum Gasteiger partial charge on any atom is -0.393 e. The fourth-order valence-corrected chi connectivity index (χ4v) is 4.66. The second kappa shape index (κ2) is 4.81. The molecule has 0 bridgehead atoms. The number of aromatic nitrogens is 1. The number of nitrogens with zero attached hydrogens (tertiary/aromatic N) is 1. The van der Waals surface area contributed by atoms with Gasteiger partial charge in [0.15, 0.2) is 8.68 Å². The molecule has 5 nitrogen and oxygen atoms in total. The molecule has 0 amide bonds. The van der Waals surface area contributed by atoms with Gasteiger partial charge in [-0.25, -0.2) is 18.1 Å². The van der Waals surface area contributed by atoms with Crippen LogP contribution in [0.3, 0.4) is 0 Å². The maximum Gasteiger partial charge on any atom is 0.251 e. The van der Waals surface area contributed by atoms with Crippen molar-refractivity contribution in [3.05, 3.63) is 10.2 Å². The zero-order chi connectivity index (χ0) is 12.6. The lowest BCUT2D eigenvalue weighted by Gasteiger charge is -2.31. The fraction of sp³-hybridized carbons (Fsp3) is 0.667. The molecule has 1 heterocycles. The number of halogens is 1. The maximum atomic E-state index is 11.9. The van der Waals surface area contributed by atoms with Crippen LogP contribution >= 0.6 is 22.9 Å². The molecule has 2 N–H and O–H groups in total. The summed E-state index contributed by atoms with van der Waals surface area (Å²) >= 11 is 6.63. The van der Waals surface area contributed by atoms with E-state index in [-0.39, 0.29) is 20.7 Å². The molecule has 1 saturated carbocycles. The monoisotopic (exact) mass is 296 g/mol. The van der Waals surface area contributed by atoms with Gasteiger partial charge in [0, 0.05) is 6.54 Å². The van der Waals surface area contributed by atoms with Crippen molar-refractivity contribution in [3.63, 3.8) is 0 Å². The van der Waals surface area contributed by atoms with E-state index in [0.717, 1.165) is 11.3 Å². The number of sulfonamides is 1. The van der Waals surface area contributed by atoms with E-state index in [0.29, 0.717) is 25.1 Å². The van der Waals surface area contributed by atoms with Crippen molar-refractivity contribution in [2.75, 3.05) is 6.54 Å². The van der Waals surface area contributed by atoms with Crippen molar-refractivity contribution in [1.29, 1.82) is 0 Å². The fourth-order valence-electron chi connectivity index (χ4n) is 1.76. The van der Waals surface area contributed by atoms with Crippen LogP contribution in [0.2, 0.25) is 4.47 Å². The average molecular weight is 297 g/mol. The van der Waals surface area contributed by atoms with Crippen LogP contribution in [-0.4, -0.2) is 31.2 Å². The van der Waals surface area contributed by atoms with Gasteiger partial charge in [-0.15, -0.1) is 0 Å². The third-order valence-corrected chi connectivity index (χ3v) is 6.04. The van der Waals surface area contributed by atoms with Gasteiger partial charge in [0.1, 0.15) is 0 Å². The van der Waals surface area contributed by atoms with E-state index in [9.17, 15) is 8.42 Å². The van der Waals surface area contributed by atoms with Crippen molar-refractivity contribution in [1.82, 2.24) is 9.71 Å². The molecule has 2 rings (SSSR count). The topological polar surface area (TPSA) is 79.3 Å². The Morgan fingerprint density at radius 1 is 1.59 bits per heavy atom. The molecule has 1 fully saturated rings. The van der Waals surface area contributed by atoms with E-state index >= 15 is 0 Å². The molecular weight excluding hydrogens is 284 g/mol. The minimum atomic E-state index is -3.52. The molecule has 17 heavy (non-hydrogen) atoms. The number of rotatable bonds is 4. The summed E-state index contributed by atoms with van der Waals surface area (Å²) in [5, 5.41) is 9.11. The van der Waals surface area contributed by atoms with Crippen LogP contribution in [0, 0.1) is 12.8 Å².